The smallest absolute Gasteiger partial charge is 0.340 e. The average Bonchev–Trinajstić information content (AvgIpc) is 2.55. The Morgan fingerprint density at radius 2 is 1.71 bits per heavy atom. The third-order valence-corrected chi connectivity index (χ3v) is 4.13. The second kappa shape index (κ2) is 7.04. The fourth-order valence-electron chi connectivity index (χ4n) is 2.72. The molecule has 2 rings (SSSR count). The summed E-state index contributed by atoms with van der Waals surface area (Å²) in [5, 5.41) is 9.87. The van der Waals surface area contributed by atoms with Crippen LogP contribution in [-0.2, 0) is 5.41 Å². The number of carbonyl (C=O) groups is 1. The van der Waals surface area contributed by atoms with Gasteiger partial charge in [0.2, 0.25) is 0 Å². The molecule has 0 radical (unpaired) electrons. The van der Waals surface area contributed by atoms with E-state index in [2.05, 4.69) is 20.8 Å². The van der Waals surface area contributed by atoms with Gasteiger partial charge in [-0.2, -0.15) is 0 Å². The van der Waals surface area contributed by atoms with E-state index < -0.39 is 5.97 Å². The van der Waals surface area contributed by atoms with Crippen molar-refractivity contribution in [1.29, 1.82) is 0 Å². The minimum absolute atomic E-state index is 0.164. The molecule has 0 aliphatic heterocycles. The molecular weight excluding hydrogens is 300 g/mol. The Morgan fingerprint density at radius 1 is 1.12 bits per heavy atom. The van der Waals surface area contributed by atoms with Gasteiger partial charge in [-0.15, -0.1) is 0 Å². The standard InChI is InChI=1S/C20H26N2O2/c1-6-22(7-2)18-17(19(23)24)15(14-11-9-8-10-12-14)13-16(21-18)20(3,4)5/h8-13H,6-7H2,1-5H3,(H,23,24). The highest BCUT2D eigenvalue weighted by Crippen LogP contribution is 2.34. The first-order valence-electron chi connectivity index (χ1n) is 8.38. The molecule has 0 unspecified atom stereocenters. The Kier molecular flexibility index (Phi) is 5.27. The van der Waals surface area contributed by atoms with Crippen molar-refractivity contribution in [3.05, 3.63) is 47.7 Å². The molecule has 128 valence electrons. The highest BCUT2D eigenvalue weighted by atomic mass is 16.4. The molecule has 4 heteroatoms. The van der Waals surface area contributed by atoms with Crippen LogP contribution in [0.25, 0.3) is 11.1 Å². The molecule has 0 bridgehead atoms. The Hall–Kier alpha value is -2.36. The van der Waals surface area contributed by atoms with Gasteiger partial charge in [-0.05, 0) is 25.5 Å². The van der Waals surface area contributed by atoms with E-state index in [4.69, 9.17) is 4.98 Å². The molecule has 0 amide bonds. The van der Waals surface area contributed by atoms with Gasteiger partial charge >= 0.3 is 5.97 Å². The number of aromatic carboxylic acids is 1. The zero-order valence-electron chi connectivity index (χ0n) is 15.1. The summed E-state index contributed by atoms with van der Waals surface area (Å²) < 4.78 is 0. The SMILES string of the molecule is CCN(CC)c1nc(C(C)(C)C)cc(-c2ccccc2)c1C(=O)O. The molecule has 0 fully saturated rings. The van der Waals surface area contributed by atoms with E-state index in [0.29, 0.717) is 18.9 Å². The van der Waals surface area contributed by atoms with Gasteiger partial charge in [0.25, 0.3) is 0 Å². The Morgan fingerprint density at radius 3 is 2.17 bits per heavy atom. The van der Waals surface area contributed by atoms with Crippen LogP contribution in [0.1, 0.15) is 50.7 Å². The average molecular weight is 326 g/mol. The summed E-state index contributed by atoms with van der Waals surface area (Å²) in [6.07, 6.45) is 0. The lowest BCUT2D eigenvalue weighted by Gasteiger charge is -2.27. The lowest BCUT2D eigenvalue weighted by atomic mass is 9.88. The zero-order valence-corrected chi connectivity index (χ0v) is 15.1. The fraction of sp³-hybridized carbons (Fsp3) is 0.400. The second-order valence-electron chi connectivity index (χ2n) is 6.85. The second-order valence-corrected chi connectivity index (χ2v) is 6.85. The van der Waals surface area contributed by atoms with Gasteiger partial charge in [0, 0.05) is 29.8 Å². The van der Waals surface area contributed by atoms with Gasteiger partial charge in [0.05, 0.1) is 0 Å². The fourth-order valence-corrected chi connectivity index (χ4v) is 2.72. The molecule has 4 nitrogen and oxygen atoms in total. The monoisotopic (exact) mass is 326 g/mol. The van der Waals surface area contributed by atoms with Gasteiger partial charge in [0.1, 0.15) is 11.4 Å². The van der Waals surface area contributed by atoms with Gasteiger partial charge in [-0.1, -0.05) is 51.1 Å². The Bertz CT molecular complexity index is 714. The van der Waals surface area contributed by atoms with E-state index in [-0.39, 0.29) is 11.0 Å². The maximum Gasteiger partial charge on any atom is 0.340 e. The molecule has 2 aromatic rings. The van der Waals surface area contributed by atoms with E-state index in [0.717, 1.165) is 16.8 Å². The molecule has 1 N–H and O–H groups in total. The van der Waals surface area contributed by atoms with Crippen LogP contribution in [-0.4, -0.2) is 29.1 Å². The normalized spacial score (nSPS) is 11.4. The minimum Gasteiger partial charge on any atom is -0.478 e. The number of benzene rings is 1. The Balaban J connectivity index is 2.85. The molecular formula is C20H26N2O2. The topological polar surface area (TPSA) is 53.4 Å². The number of nitrogens with zero attached hydrogens (tertiary/aromatic N) is 2. The van der Waals surface area contributed by atoms with Crippen LogP contribution in [0.4, 0.5) is 5.82 Å². The molecule has 1 heterocycles. The largest absolute Gasteiger partial charge is 0.478 e. The van der Waals surface area contributed by atoms with Crippen molar-refractivity contribution in [1.82, 2.24) is 4.98 Å². The number of pyridine rings is 1. The summed E-state index contributed by atoms with van der Waals surface area (Å²) in [6.45, 7) is 11.7. The first-order valence-corrected chi connectivity index (χ1v) is 8.38. The maximum absolute atomic E-state index is 12.0. The molecule has 1 aromatic carbocycles. The molecule has 0 saturated carbocycles. The van der Waals surface area contributed by atoms with Crippen molar-refractivity contribution in [3.8, 4) is 11.1 Å². The summed E-state index contributed by atoms with van der Waals surface area (Å²) >= 11 is 0. The molecule has 0 spiro atoms. The first-order chi connectivity index (χ1) is 11.3. The number of hydrogen-bond acceptors (Lipinski definition) is 3. The van der Waals surface area contributed by atoms with E-state index in [1.54, 1.807) is 0 Å². The number of rotatable bonds is 5. The number of carboxylic acid groups (broad SMARTS) is 1. The number of aromatic nitrogens is 1. The van der Waals surface area contributed by atoms with Gasteiger partial charge < -0.3 is 10.0 Å². The van der Waals surface area contributed by atoms with Gasteiger partial charge in [-0.3, -0.25) is 0 Å². The van der Waals surface area contributed by atoms with Gasteiger partial charge in [0.15, 0.2) is 0 Å². The van der Waals surface area contributed by atoms with Gasteiger partial charge in [-0.25, -0.2) is 9.78 Å². The third-order valence-electron chi connectivity index (χ3n) is 4.13. The van der Waals surface area contributed by atoms with Crippen LogP contribution in [0.2, 0.25) is 0 Å². The van der Waals surface area contributed by atoms with E-state index in [1.165, 1.54) is 0 Å². The van der Waals surface area contributed by atoms with E-state index in [1.807, 2.05) is 55.1 Å². The van der Waals surface area contributed by atoms with Crippen LogP contribution >= 0.6 is 0 Å². The summed E-state index contributed by atoms with van der Waals surface area (Å²) in [4.78, 5) is 18.8. The summed E-state index contributed by atoms with van der Waals surface area (Å²) in [6, 6.07) is 11.6. The van der Waals surface area contributed by atoms with E-state index in [9.17, 15) is 9.90 Å². The van der Waals surface area contributed by atoms with Crippen LogP contribution in [0.5, 0.6) is 0 Å². The van der Waals surface area contributed by atoms with Crippen LogP contribution in [0.15, 0.2) is 36.4 Å². The molecule has 0 aliphatic carbocycles. The van der Waals surface area contributed by atoms with Crippen LogP contribution < -0.4 is 4.90 Å². The van der Waals surface area contributed by atoms with Crippen LogP contribution in [0, 0.1) is 0 Å². The van der Waals surface area contributed by atoms with E-state index >= 15 is 0 Å². The van der Waals surface area contributed by atoms with Crippen molar-refractivity contribution in [2.75, 3.05) is 18.0 Å². The predicted molar refractivity (Wildman–Crippen MR) is 98.9 cm³/mol. The highest BCUT2D eigenvalue weighted by molar-refractivity contribution is 6.01. The predicted octanol–water partition coefficient (Wildman–Crippen LogP) is 4.59. The zero-order chi connectivity index (χ0) is 17.9. The number of hydrogen-bond donors (Lipinski definition) is 1. The van der Waals surface area contributed by atoms with Crippen LogP contribution in [0.3, 0.4) is 0 Å². The molecule has 0 atom stereocenters. The lowest BCUT2D eigenvalue weighted by molar-refractivity contribution is 0.0698. The minimum atomic E-state index is -0.941. The van der Waals surface area contributed by atoms with Crippen molar-refractivity contribution >= 4 is 11.8 Å². The summed E-state index contributed by atoms with van der Waals surface area (Å²) in [7, 11) is 0. The first kappa shape index (κ1) is 18.0. The molecule has 0 aliphatic rings. The van der Waals surface area contributed by atoms with Crippen molar-refractivity contribution in [2.45, 2.75) is 40.0 Å². The number of anilines is 1. The van der Waals surface area contributed by atoms with Crippen molar-refractivity contribution in [2.24, 2.45) is 0 Å². The van der Waals surface area contributed by atoms with Crippen molar-refractivity contribution < 1.29 is 9.90 Å². The number of carboxylic acids is 1. The third kappa shape index (κ3) is 3.58. The maximum atomic E-state index is 12.0. The van der Waals surface area contributed by atoms with Crippen molar-refractivity contribution in [3.63, 3.8) is 0 Å². The highest BCUT2D eigenvalue weighted by Gasteiger charge is 2.26. The molecule has 24 heavy (non-hydrogen) atoms. The molecule has 0 saturated heterocycles. The lowest BCUT2D eigenvalue weighted by Crippen LogP contribution is -2.28. The summed E-state index contributed by atoms with van der Waals surface area (Å²) in [5.41, 5.74) is 2.63. The quantitative estimate of drug-likeness (QED) is 0.873. The Labute approximate surface area is 144 Å². The summed E-state index contributed by atoms with van der Waals surface area (Å²) in [5.74, 6) is -0.387. The molecule has 1 aromatic heterocycles.